The van der Waals surface area contributed by atoms with E-state index in [1.807, 2.05) is 30.3 Å². The number of nitrogens with zero attached hydrogens (tertiary/aromatic N) is 1. The molecule has 1 saturated heterocycles. The van der Waals surface area contributed by atoms with Gasteiger partial charge >= 0.3 is 5.63 Å². The standard InChI is InChI=1S/C26H31NO6S/c1-17(2)19-6-8-23-22(12-19)20(13-26(28)33-23)15-27(21-9-10-34(29,30)16-21)14-18-5-7-24(31-3)25(11-18)32-4/h5-8,11-13,17,21H,9-10,14-16H2,1-4H3. The van der Waals surface area contributed by atoms with E-state index in [2.05, 4.69) is 24.8 Å². The van der Waals surface area contributed by atoms with Crippen molar-refractivity contribution in [3.63, 3.8) is 0 Å². The Hall–Kier alpha value is -2.84. The van der Waals surface area contributed by atoms with Crippen molar-refractivity contribution in [3.8, 4) is 11.5 Å². The van der Waals surface area contributed by atoms with Gasteiger partial charge in [0.05, 0.1) is 25.7 Å². The first-order chi connectivity index (χ1) is 16.2. The summed E-state index contributed by atoms with van der Waals surface area (Å²) in [5, 5.41) is 0.879. The van der Waals surface area contributed by atoms with Gasteiger partial charge in [0.1, 0.15) is 5.58 Å². The maximum absolute atomic E-state index is 12.3. The monoisotopic (exact) mass is 485 g/mol. The van der Waals surface area contributed by atoms with Crippen LogP contribution in [-0.2, 0) is 22.9 Å². The fraction of sp³-hybridized carbons (Fsp3) is 0.423. The Morgan fingerprint density at radius 3 is 2.44 bits per heavy atom. The smallest absolute Gasteiger partial charge is 0.336 e. The number of hydrogen-bond donors (Lipinski definition) is 0. The molecule has 34 heavy (non-hydrogen) atoms. The van der Waals surface area contributed by atoms with E-state index in [0.717, 1.165) is 22.1 Å². The third kappa shape index (κ3) is 5.28. The summed E-state index contributed by atoms with van der Waals surface area (Å²) in [6.07, 6.45) is 0.562. The quantitative estimate of drug-likeness (QED) is 0.444. The van der Waals surface area contributed by atoms with Crippen LogP contribution < -0.4 is 15.1 Å². The van der Waals surface area contributed by atoms with Crippen LogP contribution in [0.25, 0.3) is 11.0 Å². The number of sulfone groups is 1. The molecule has 182 valence electrons. The zero-order valence-corrected chi connectivity index (χ0v) is 20.9. The summed E-state index contributed by atoms with van der Waals surface area (Å²) >= 11 is 0. The predicted molar refractivity (Wildman–Crippen MR) is 132 cm³/mol. The summed E-state index contributed by atoms with van der Waals surface area (Å²) < 4.78 is 40.8. The van der Waals surface area contributed by atoms with Gasteiger partial charge in [-0.3, -0.25) is 4.90 Å². The molecule has 0 radical (unpaired) electrons. The lowest BCUT2D eigenvalue weighted by atomic mass is 9.99. The van der Waals surface area contributed by atoms with Gasteiger partial charge in [-0.25, -0.2) is 13.2 Å². The fourth-order valence-corrected chi connectivity index (χ4v) is 6.31. The fourth-order valence-electron chi connectivity index (χ4n) is 4.55. The van der Waals surface area contributed by atoms with Gasteiger partial charge < -0.3 is 13.9 Å². The second kappa shape index (κ2) is 9.80. The maximum atomic E-state index is 12.3. The van der Waals surface area contributed by atoms with Crippen molar-refractivity contribution in [2.24, 2.45) is 0 Å². The van der Waals surface area contributed by atoms with E-state index in [1.165, 1.54) is 6.07 Å². The molecule has 0 bridgehead atoms. The Morgan fingerprint density at radius 1 is 1.03 bits per heavy atom. The van der Waals surface area contributed by atoms with Crippen molar-refractivity contribution in [1.82, 2.24) is 4.90 Å². The lowest BCUT2D eigenvalue weighted by molar-refractivity contribution is 0.194. The van der Waals surface area contributed by atoms with Gasteiger partial charge in [0.25, 0.3) is 0 Å². The molecule has 0 spiro atoms. The summed E-state index contributed by atoms with van der Waals surface area (Å²) in [7, 11) is 0.0922. The van der Waals surface area contributed by atoms with Crippen LogP contribution in [0.1, 0.15) is 42.9 Å². The maximum Gasteiger partial charge on any atom is 0.336 e. The van der Waals surface area contributed by atoms with Crippen LogP contribution in [0, 0.1) is 0 Å². The Labute approximate surface area is 200 Å². The van der Waals surface area contributed by atoms with Gasteiger partial charge in [-0.05, 0) is 53.3 Å². The van der Waals surface area contributed by atoms with Crippen LogP contribution in [0.3, 0.4) is 0 Å². The van der Waals surface area contributed by atoms with Crippen molar-refractivity contribution in [2.45, 2.75) is 45.3 Å². The first-order valence-corrected chi connectivity index (χ1v) is 13.2. The summed E-state index contributed by atoms with van der Waals surface area (Å²) in [5.41, 5.74) is 3.08. The Balaban J connectivity index is 1.74. The highest BCUT2D eigenvalue weighted by Crippen LogP contribution is 2.31. The van der Waals surface area contributed by atoms with Crippen LogP contribution >= 0.6 is 0 Å². The third-order valence-corrected chi connectivity index (χ3v) is 8.20. The molecule has 0 amide bonds. The SMILES string of the molecule is COc1ccc(CN(Cc2cc(=O)oc3ccc(C(C)C)cc23)C2CCS(=O)(=O)C2)cc1OC. The van der Waals surface area contributed by atoms with Crippen LogP contribution in [0.4, 0.5) is 0 Å². The molecule has 1 aromatic heterocycles. The van der Waals surface area contributed by atoms with E-state index in [-0.39, 0.29) is 17.5 Å². The Bertz CT molecular complexity index is 1350. The zero-order chi connectivity index (χ0) is 24.5. The largest absolute Gasteiger partial charge is 0.493 e. The second-order valence-electron chi connectivity index (χ2n) is 9.15. The molecule has 3 aromatic rings. The van der Waals surface area contributed by atoms with E-state index >= 15 is 0 Å². The molecule has 7 nitrogen and oxygen atoms in total. The minimum absolute atomic E-state index is 0.108. The summed E-state index contributed by atoms with van der Waals surface area (Å²) in [4.78, 5) is 14.5. The summed E-state index contributed by atoms with van der Waals surface area (Å²) in [6, 6.07) is 13.0. The highest BCUT2D eigenvalue weighted by Gasteiger charge is 2.32. The molecule has 8 heteroatoms. The molecule has 1 aliphatic rings. The molecule has 2 aromatic carbocycles. The molecule has 1 unspecified atom stereocenters. The predicted octanol–water partition coefficient (Wildman–Crippen LogP) is 4.12. The van der Waals surface area contributed by atoms with E-state index in [0.29, 0.717) is 42.5 Å². The number of hydrogen-bond acceptors (Lipinski definition) is 7. The van der Waals surface area contributed by atoms with Crippen molar-refractivity contribution >= 4 is 20.8 Å². The number of benzene rings is 2. The van der Waals surface area contributed by atoms with Gasteiger partial charge in [0, 0.05) is 30.6 Å². The van der Waals surface area contributed by atoms with Crippen molar-refractivity contribution < 1.29 is 22.3 Å². The minimum atomic E-state index is -3.08. The van der Waals surface area contributed by atoms with Gasteiger partial charge in [-0.1, -0.05) is 26.0 Å². The molecular weight excluding hydrogens is 454 g/mol. The van der Waals surface area contributed by atoms with Crippen LogP contribution in [-0.4, -0.2) is 45.1 Å². The van der Waals surface area contributed by atoms with Crippen LogP contribution in [0.2, 0.25) is 0 Å². The van der Waals surface area contributed by atoms with E-state index < -0.39 is 15.5 Å². The molecule has 1 aliphatic heterocycles. The first kappa shape index (κ1) is 24.3. The van der Waals surface area contributed by atoms with Gasteiger partial charge in [-0.15, -0.1) is 0 Å². The molecule has 0 saturated carbocycles. The summed E-state index contributed by atoms with van der Waals surface area (Å²) in [5.74, 6) is 1.86. The highest BCUT2D eigenvalue weighted by atomic mass is 32.2. The molecule has 0 N–H and O–H groups in total. The van der Waals surface area contributed by atoms with Gasteiger partial charge in [0.2, 0.25) is 0 Å². The normalized spacial score (nSPS) is 17.5. The molecular formula is C26H31NO6S. The van der Waals surface area contributed by atoms with Gasteiger partial charge in [0.15, 0.2) is 21.3 Å². The topological polar surface area (TPSA) is 86.0 Å². The number of rotatable bonds is 8. The molecule has 2 heterocycles. The summed E-state index contributed by atoms with van der Waals surface area (Å²) in [6.45, 7) is 5.17. The molecule has 4 rings (SSSR count). The number of methoxy groups -OCH3 is 2. The van der Waals surface area contributed by atoms with Gasteiger partial charge in [-0.2, -0.15) is 0 Å². The zero-order valence-electron chi connectivity index (χ0n) is 20.0. The third-order valence-electron chi connectivity index (χ3n) is 6.45. The van der Waals surface area contributed by atoms with E-state index in [9.17, 15) is 13.2 Å². The Morgan fingerprint density at radius 2 is 1.79 bits per heavy atom. The van der Waals surface area contributed by atoms with Crippen molar-refractivity contribution in [2.75, 3.05) is 25.7 Å². The lowest BCUT2D eigenvalue weighted by Gasteiger charge is -2.29. The molecule has 0 aliphatic carbocycles. The number of ether oxygens (including phenoxy) is 2. The van der Waals surface area contributed by atoms with Crippen LogP contribution in [0.5, 0.6) is 11.5 Å². The average molecular weight is 486 g/mol. The van der Waals surface area contributed by atoms with E-state index in [1.54, 1.807) is 14.2 Å². The van der Waals surface area contributed by atoms with Crippen LogP contribution in [0.15, 0.2) is 51.7 Å². The first-order valence-electron chi connectivity index (χ1n) is 11.4. The molecule has 1 fully saturated rings. The van der Waals surface area contributed by atoms with Crippen molar-refractivity contribution in [3.05, 3.63) is 69.6 Å². The number of fused-ring (bicyclic) bond motifs is 1. The van der Waals surface area contributed by atoms with E-state index in [4.69, 9.17) is 13.9 Å². The second-order valence-corrected chi connectivity index (χ2v) is 11.4. The Kier molecular flexibility index (Phi) is 7.00. The average Bonchev–Trinajstić information content (AvgIpc) is 3.17. The van der Waals surface area contributed by atoms with Crippen molar-refractivity contribution in [1.29, 1.82) is 0 Å². The molecule has 1 atom stereocenters. The minimum Gasteiger partial charge on any atom is -0.493 e. The highest BCUT2D eigenvalue weighted by molar-refractivity contribution is 7.91. The lowest BCUT2D eigenvalue weighted by Crippen LogP contribution is -2.35.